The molecule has 0 aliphatic carbocycles. The van der Waals surface area contributed by atoms with Crippen molar-refractivity contribution in [3.63, 3.8) is 0 Å². The lowest BCUT2D eigenvalue weighted by atomic mass is 10.1. The van der Waals surface area contributed by atoms with Gasteiger partial charge in [-0.15, -0.1) is 0 Å². The Morgan fingerprint density at radius 3 is 2.38 bits per heavy atom. The number of para-hydroxylation sites is 1. The van der Waals surface area contributed by atoms with Crippen molar-refractivity contribution >= 4 is 40.8 Å². The molecule has 1 unspecified atom stereocenters. The van der Waals surface area contributed by atoms with Crippen molar-refractivity contribution in [2.75, 3.05) is 0 Å². The zero-order chi connectivity index (χ0) is 15.4. The van der Waals surface area contributed by atoms with Crippen molar-refractivity contribution in [2.24, 2.45) is 0 Å². The van der Waals surface area contributed by atoms with Crippen molar-refractivity contribution in [3.05, 3.63) is 63.1 Å². The predicted molar refractivity (Wildman–Crippen MR) is 83.7 cm³/mol. The highest BCUT2D eigenvalue weighted by Crippen LogP contribution is 2.29. The molecule has 0 spiro atoms. The molecule has 0 fully saturated rings. The largest absolute Gasteiger partial charge is 0.478 e. The summed E-state index contributed by atoms with van der Waals surface area (Å²) >= 11 is 18.0. The molecule has 0 radical (unpaired) electrons. The van der Waals surface area contributed by atoms with Crippen LogP contribution >= 0.6 is 34.8 Å². The molecule has 2 aromatic rings. The van der Waals surface area contributed by atoms with Crippen LogP contribution < -0.4 is 4.74 Å². The monoisotopic (exact) mass is 344 g/mol. The number of benzene rings is 2. The van der Waals surface area contributed by atoms with Gasteiger partial charge in [-0.05, 0) is 23.8 Å². The van der Waals surface area contributed by atoms with E-state index in [1.165, 1.54) is 0 Å². The van der Waals surface area contributed by atoms with Crippen molar-refractivity contribution in [1.29, 1.82) is 0 Å². The third-order valence-electron chi connectivity index (χ3n) is 2.82. The van der Waals surface area contributed by atoms with Gasteiger partial charge in [0.25, 0.3) is 0 Å². The van der Waals surface area contributed by atoms with Gasteiger partial charge in [0.15, 0.2) is 6.10 Å². The normalized spacial score (nSPS) is 12.0. The summed E-state index contributed by atoms with van der Waals surface area (Å²) in [5.74, 6) is -0.796. The van der Waals surface area contributed by atoms with Crippen molar-refractivity contribution in [1.82, 2.24) is 0 Å². The van der Waals surface area contributed by atoms with Crippen molar-refractivity contribution in [3.8, 4) is 5.75 Å². The lowest BCUT2D eigenvalue weighted by molar-refractivity contribution is -0.145. The summed E-state index contributed by atoms with van der Waals surface area (Å²) in [5.41, 5.74) is 0.601. The van der Waals surface area contributed by atoms with Gasteiger partial charge >= 0.3 is 5.97 Å². The number of ether oxygens (including phenoxy) is 1. The summed E-state index contributed by atoms with van der Waals surface area (Å²) in [4.78, 5) is 11.4. The molecule has 2 aromatic carbocycles. The summed E-state index contributed by atoms with van der Waals surface area (Å²) in [7, 11) is 0. The van der Waals surface area contributed by atoms with Crippen LogP contribution in [0, 0.1) is 0 Å². The van der Waals surface area contributed by atoms with Gasteiger partial charge in [-0.3, -0.25) is 0 Å². The molecule has 0 heterocycles. The van der Waals surface area contributed by atoms with Crippen LogP contribution in [0.25, 0.3) is 0 Å². The summed E-state index contributed by atoms with van der Waals surface area (Å²) < 4.78 is 5.47. The molecule has 0 saturated carbocycles. The SMILES string of the molecule is O=C(O)C(Cc1cccc(Cl)c1Cl)Oc1ccccc1Cl. The number of carboxylic acids is 1. The van der Waals surface area contributed by atoms with E-state index in [1.807, 2.05) is 0 Å². The molecular formula is C15H11Cl3O3. The molecule has 0 aliphatic rings. The van der Waals surface area contributed by atoms with E-state index in [0.29, 0.717) is 26.4 Å². The molecule has 1 atom stereocenters. The number of halogens is 3. The van der Waals surface area contributed by atoms with Gasteiger partial charge in [0.05, 0.1) is 15.1 Å². The van der Waals surface area contributed by atoms with Gasteiger partial charge < -0.3 is 9.84 Å². The first kappa shape index (κ1) is 16.0. The van der Waals surface area contributed by atoms with Gasteiger partial charge in [0, 0.05) is 6.42 Å². The maximum atomic E-state index is 11.4. The Balaban J connectivity index is 2.22. The van der Waals surface area contributed by atoms with Crippen molar-refractivity contribution in [2.45, 2.75) is 12.5 Å². The molecule has 3 nitrogen and oxygen atoms in total. The number of hydrogen-bond acceptors (Lipinski definition) is 2. The van der Waals surface area contributed by atoms with E-state index < -0.39 is 12.1 Å². The molecule has 110 valence electrons. The van der Waals surface area contributed by atoms with Crippen LogP contribution in [0.1, 0.15) is 5.56 Å². The van der Waals surface area contributed by atoms with E-state index in [4.69, 9.17) is 39.5 Å². The summed E-state index contributed by atoms with van der Waals surface area (Å²) in [6.07, 6.45) is -1.03. The smallest absolute Gasteiger partial charge is 0.345 e. The standard InChI is InChI=1S/C15H11Cl3O3/c16-10-5-1-2-7-12(10)21-13(15(19)20)8-9-4-3-6-11(17)14(9)18/h1-7,13H,8H2,(H,19,20). The Kier molecular flexibility index (Phi) is 5.34. The molecular weight excluding hydrogens is 335 g/mol. The van der Waals surface area contributed by atoms with E-state index in [-0.39, 0.29) is 6.42 Å². The van der Waals surface area contributed by atoms with Crippen LogP contribution in [-0.4, -0.2) is 17.2 Å². The number of hydrogen-bond donors (Lipinski definition) is 1. The van der Waals surface area contributed by atoms with Gasteiger partial charge in [-0.2, -0.15) is 0 Å². The number of rotatable bonds is 5. The Hall–Kier alpha value is -1.42. The average molecular weight is 346 g/mol. The fourth-order valence-corrected chi connectivity index (χ4v) is 2.36. The summed E-state index contributed by atoms with van der Waals surface area (Å²) in [5, 5.41) is 10.3. The first-order valence-corrected chi connectivity index (χ1v) is 7.19. The first-order chi connectivity index (χ1) is 9.99. The highest BCUT2D eigenvalue weighted by Gasteiger charge is 2.22. The van der Waals surface area contributed by atoms with E-state index in [0.717, 1.165) is 0 Å². The molecule has 0 amide bonds. The molecule has 2 rings (SSSR count). The Bertz CT molecular complexity index is 658. The third-order valence-corrected chi connectivity index (χ3v) is 3.99. The van der Waals surface area contributed by atoms with E-state index in [2.05, 4.69) is 0 Å². The number of carboxylic acid groups (broad SMARTS) is 1. The summed E-state index contributed by atoms with van der Waals surface area (Å²) in [6, 6.07) is 11.7. The number of aliphatic carboxylic acids is 1. The maximum absolute atomic E-state index is 11.4. The fraction of sp³-hybridized carbons (Fsp3) is 0.133. The van der Waals surface area contributed by atoms with Gasteiger partial charge in [0.1, 0.15) is 5.75 Å². The maximum Gasteiger partial charge on any atom is 0.345 e. The highest BCUT2D eigenvalue weighted by atomic mass is 35.5. The predicted octanol–water partition coefficient (Wildman–Crippen LogP) is 4.72. The minimum atomic E-state index is -1.11. The van der Waals surface area contributed by atoms with Gasteiger partial charge in [0.2, 0.25) is 0 Å². The Morgan fingerprint density at radius 2 is 1.71 bits per heavy atom. The van der Waals surface area contributed by atoms with Gasteiger partial charge in [-0.25, -0.2) is 4.79 Å². The Morgan fingerprint density at radius 1 is 1.05 bits per heavy atom. The van der Waals surface area contributed by atoms with Crippen LogP contribution in [0.3, 0.4) is 0 Å². The van der Waals surface area contributed by atoms with Gasteiger partial charge in [-0.1, -0.05) is 59.1 Å². The lowest BCUT2D eigenvalue weighted by Crippen LogP contribution is -2.29. The molecule has 21 heavy (non-hydrogen) atoms. The molecule has 0 aromatic heterocycles. The fourth-order valence-electron chi connectivity index (χ4n) is 1.78. The number of carbonyl (C=O) groups is 1. The molecule has 6 heteroatoms. The highest BCUT2D eigenvalue weighted by molar-refractivity contribution is 6.42. The second-order valence-electron chi connectivity index (χ2n) is 4.29. The lowest BCUT2D eigenvalue weighted by Gasteiger charge is -2.17. The van der Waals surface area contributed by atoms with Crippen molar-refractivity contribution < 1.29 is 14.6 Å². The topological polar surface area (TPSA) is 46.5 Å². The quantitative estimate of drug-likeness (QED) is 0.852. The second kappa shape index (κ2) is 7.03. The van der Waals surface area contributed by atoms with Crippen LogP contribution in [0.5, 0.6) is 5.75 Å². The first-order valence-electron chi connectivity index (χ1n) is 6.06. The zero-order valence-corrected chi connectivity index (χ0v) is 13.0. The minimum absolute atomic E-state index is 0.0833. The average Bonchev–Trinajstić information content (AvgIpc) is 2.45. The zero-order valence-electron chi connectivity index (χ0n) is 10.7. The Labute approximate surface area is 137 Å². The van der Waals surface area contributed by atoms with Crippen LogP contribution in [0.2, 0.25) is 15.1 Å². The summed E-state index contributed by atoms with van der Waals surface area (Å²) in [6.45, 7) is 0. The molecule has 0 bridgehead atoms. The second-order valence-corrected chi connectivity index (χ2v) is 5.48. The van der Waals surface area contributed by atoms with E-state index in [1.54, 1.807) is 42.5 Å². The molecule has 0 saturated heterocycles. The minimum Gasteiger partial charge on any atom is -0.478 e. The van der Waals surface area contributed by atoms with E-state index >= 15 is 0 Å². The van der Waals surface area contributed by atoms with Crippen LogP contribution in [0.4, 0.5) is 0 Å². The van der Waals surface area contributed by atoms with Crippen LogP contribution in [-0.2, 0) is 11.2 Å². The molecule has 0 aliphatic heterocycles. The van der Waals surface area contributed by atoms with E-state index in [9.17, 15) is 9.90 Å². The third kappa shape index (κ3) is 4.03. The molecule has 1 N–H and O–H groups in total. The van der Waals surface area contributed by atoms with Crippen LogP contribution in [0.15, 0.2) is 42.5 Å².